The lowest BCUT2D eigenvalue weighted by Crippen LogP contribution is -2.49. The summed E-state index contributed by atoms with van der Waals surface area (Å²) in [4.78, 5) is 2.44. The fraction of sp³-hybridized carbons (Fsp3) is 1.00. The third kappa shape index (κ3) is 4.40. The van der Waals surface area contributed by atoms with Gasteiger partial charge in [-0.1, -0.05) is 0 Å². The van der Waals surface area contributed by atoms with Gasteiger partial charge in [0.25, 0.3) is 0 Å². The normalized spacial score (nSPS) is 23.8. The predicted octanol–water partition coefficient (Wildman–Crippen LogP) is 1.22. The average molecular weight is 200 g/mol. The highest BCUT2D eigenvalue weighted by Gasteiger charge is 2.27. The first-order valence-electron chi connectivity index (χ1n) is 5.44. The van der Waals surface area contributed by atoms with E-state index < -0.39 is 0 Å². The fourth-order valence-corrected chi connectivity index (χ4v) is 1.75. The lowest BCUT2D eigenvalue weighted by atomic mass is 10.0. The topological polar surface area (TPSA) is 38.5 Å². The molecule has 0 unspecified atom stereocenters. The van der Waals surface area contributed by atoms with Gasteiger partial charge < -0.3 is 10.5 Å². The average Bonchev–Trinajstić information content (AvgIpc) is 1.98. The van der Waals surface area contributed by atoms with Crippen molar-refractivity contribution in [3.05, 3.63) is 0 Å². The van der Waals surface area contributed by atoms with Gasteiger partial charge >= 0.3 is 0 Å². The van der Waals surface area contributed by atoms with Gasteiger partial charge in [-0.25, -0.2) is 0 Å². The molecule has 84 valence electrons. The molecule has 0 aliphatic carbocycles. The molecule has 0 spiro atoms. The van der Waals surface area contributed by atoms with Crippen LogP contribution in [0.5, 0.6) is 0 Å². The first-order chi connectivity index (χ1) is 6.29. The molecule has 1 aliphatic rings. The van der Waals surface area contributed by atoms with Crippen LogP contribution in [-0.4, -0.2) is 42.3 Å². The lowest BCUT2D eigenvalue weighted by molar-refractivity contribution is -0.0868. The Hall–Kier alpha value is -0.120. The monoisotopic (exact) mass is 200 g/mol. The van der Waals surface area contributed by atoms with Crippen molar-refractivity contribution in [3.8, 4) is 0 Å². The Morgan fingerprint density at radius 3 is 2.57 bits per heavy atom. The zero-order valence-electron chi connectivity index (χ0n) is 9.97. The van der Waals surface area contributed by atoms with E-state index in [9.17, 15) is 0 Å². The molecule has 14 heavy (non-hydrogen) atoms. The molecule has 0 bridgehead atoms. The maximum Gasteiger partial charge on any atom is 0.0753 e. The van der Waals surface area contributed by atoms with E-state index in [1.165, 1.54) is 0 Å². The summed E-state index contributed by atoms with van der Waals surface area (Å²) < 4.78 is 5.65. The summed E-state index contributed by atoms with van der Waals surface area (Å²) in [5.74, 6) is 0. The van der Waals surface area contributed by atoms with Crippen LogP contribution in [-0.2, 0) is 4.74 Å². The van der Waals surface area contributed by atoms with E-state index in [-0.39, 0.29) is 11.1 Å². The van der Waals surface area contributed by atoms with Crippen LogP contribution in [0.4, 0.5) is 0 Å². The van der Waals surface area contributed by atoms with Crippen molar-refractivity contribution in [2.24, 2.45) is 5.73 Å². The molecule has 3 nitrogen and oxygen atoms in total. The largest absolute Gasteiger partial charge is 0.373 e. The Morgan fingerprint density at radius 2 is 2.07 bits per heavy atom. The van der Waals surface area contributed by atoms with E-state index >= 15 is 0 Å². The van der Waals surface area contributed by atoms with Crippen molar-refractivity contribution in [3.63, 3.8) is 0 Å². The third-order valence-electron chi connectivity index (χ3n) is 2.58. The van der Waals surface area contributed by atoms with E-state index in [1.807, 2.05) is 0 Å². The molecule has 1 saturated heterocycles. The molecule has 2 N–H and O–H groups in total. The van der Waals surface area contributed by atoms with Crippen molar-refractivity contribution >= 4 is 0 Å². The second-order valence-electron chi connectivity index (χ2n) is 5.62. The molecular weight excluding hydrogens is 176 g/mol. The molecule has 0 aromatic heterocycles. The van der Waals surface area contributed by atoms with E-state index in [2.05, 4.69) is 32.6 Å². The number of nitrogens with two attached hydrogens (primary N) is 1. The van der Waals surface area contributed by atoms with E-state index in [1.54, 1.807) is 0 Å². The van der Waals surface area contributed by atoms with Crippen molar-refractivity contribution in [1.29, 1.82) is 0 Å². The van der Waals surface area contributed by atoms with Crippen LogP contribution >= 0.6 is 0 Å². The molecule has 1 aliphatic heterocycles. The van der Waals surface area contributed by atoms with Crippen LogP contribution in [0.25, 0.3) is 0 Å². The summed E-state index contributed by atoms with van der Waals surface area (Å²) in [7, 11) is 0. The molecule has 0 atom stereocenters. The second kappa shape index (κ2) is 4.17. The Labute approximate surface area is 87.6 Å². The minimum atomic E-state index is -0.0531. The summed E-state index contributed by atoms with van der Waals surface area (Å²) in [6, 6.07) is 0. The Bertz CT molecular complexity index is 184. The van der Waals surface area contributed by atoms with Gasteiger partial charge in [-0.2, -0.15) is 0 Å². The van der Waals surface area contributed by atoms with Crippen LogP contribution < -0.4 is 5.73 Å². The Balaban J connectivity index is 2.32. The highest BCUT2D eigenvalue weighted by molar-refractivity contribution is 4.81. The minimum Gasteiger partial charge on any atom is -0.373 e. The summed E-state index contributed by atoms with van der Waals surface area (Å²) >= 11 is 0. The molecule has 1 fully saturated rings. The smallest absolute Gasteiger partial charge is 0.0753 e. The number of rotatable bonds is 3. The highest BCUT2D eigenvalue weighted by Crippen LogP contribution is 2.17. The maximum absolute atomic E-state index is 5.96. The second-order valence-corrected chi connectivity index (χ2v) is 5.62. The van der Waals surface area contributed by atoms with Gasteiger partial charge in [0.1, 0.15) is 0 Å². The molecule has 0 aromatic rings. The summed E-state index contributed by atoms with van der Waals surface area (Å²) in [5, 5.41) is 0. The van der Waals surface area contributed by atoms with Gasteiger partial charge in [-0.05, 0) is 34.1 Å². The molecule has 1 rings (SSSR count). The van der Waals surface area contributed by atoms with Gasteiger partial charge in [-0.15, -0.1) is 0 Å². The number of ether oxygens (including phenoxy) is 1. The molecule has 0 saturated carbocycles. The van der Waals surface area contributed by atoms with Gasteiger partial charge in [0.05, 0.1) is 12.2 Å². The summed E-state index contributed by atoms with van der Waals surface area (Å²) in [6.07, 6.45) is 1.04. The summed E-state index contributed by atoms with van der Waals surface area (Å²) in [5.41, 5.74) is 5.92. The van der Waals surface area contributed by atoms with E-state index in [4.69, 9.17) is 10.5 Å². The number of morpholine rings is 1. The highest BCUT2D eigenvalue weighted by atomic mass is 16.5. The van der Waals surface area contributed by atoms with Crippen LogP contribution in [0.3, 0.4) is 0 Å². The Morgan fingerprint density at radius 1 is 1.43 bits per heavy atom. The standard InChI is InChI=1S/C11H24N2O/c1-10(2,12)5-6-13-7-8-14-11(3,4)9-13/h5-9,12H2,1-4H3. The van der Waals surface area contributed by atoms with Gasteiger partial charge in [0.15, 0.2) is 0 Å². The van der Waals surface area contributed by atoms with Gasteiger partial charge in [-0.3, -0.25) is 4.90 Å². The van der Waals surface area contributed by atoms with E-state index in [0.717, 1.165) is 32.7 Å². The first-order valence-corrected chi connectivity index (χ1v) is 5.44. The van der Waals surface area contributed by atoms with Crippen molar-refractivity contribution < 1.29 is 4.74 Å². The number of nitrogens with zero attached hydrogens (tertiary/aromatic N) is 1. The molecule has 3 heteroatoms. The molecule has 0 aromatic carbocycles. The minimum absolute atomic E-state index is 0.0109. The summed E-state index contributed by atoms with van der Waals surface area (Å²) in [6.45, 7) is 12.4. The maximum atomic E-state index is 5.96. The number of hydrogen-bond donors (Lipinski definition) is 1. The van der Waals surface area contributed by atoms with Crippen LogP contribution in [0.1, 0.15) is 34.1 Å². The van der Waals surface area contributed by atoms with Crippen molar-refractivity contribution in [2.75, 3.05) is 26.2 Å². The lowest BCUT2D eigenvalue weighted by Gasteiger charge is -2.39. The fourth-order valence-electron chi connectivity index (χ4n) is 1.75. The molecular formula is C11H24N2O. The Kier molecular flexibility index (Phi) is 3.56. The van der Waals surface area contributed by atoms with Gasteiger partial charge in [0.2, 0.25) is 0 Å². The van der Waals surface area contributed by atoms with Crippen LogP contribution in [0.2, 0.25) is 0 Å². The van der Waals surface area contributed by atoms with Crippen molar-refractivity contribution in [2.45, 2.75) is 45.3 Å². The van der Waals surface area contributed by atoms with Crippen molar-refractivity contribution in [1.82, 2.24) is 4.90 Å². The third-order valence-corrected chi connectivity index (χ3v) is 2.58. The van der Waals surface area contributed by atoms with Gasteiger partial charge in [0, 0.05) is 25.2 Å². The molecule has 0 amide bonds. The van der Waals surface area contributed by atoms with E-state index in [0.29, 0.717) is 0 Å². The molecule has 0 radical (unpaired) electrons. The quantitative estimate of drug-likeness (QED) is 0.744. The zero-order chi connectivity index (χ0) is 10.8. The van der Waals surface area contributed by atoms with Crippen LogP contribution in [0, 0.1) is 0 Å². The first kappa shape index (κ1) is 12.0. The molecule has 1 heterocycles. The predicted molar refractivity (Wildman–Crippen MR) is 59.4 cm³/mol. The zero-order valence-corrected chi connectivity index (χ0v) is 9.97. The SMILES string of the molecule is CC(C)(N)CCN1CCOC(C)(C)C1. The van der Waals surface area contributed by atoms with Crippen LogP contribution in [0.15, 0.2) is 0 Å². The number of hydrogen-bond acceptors (Lipinski definition) is 3.